The minimum absolute atomic E-state index is 0.0786. The van der Waals surface area contributed by atoms with Gasteiger partial charge in [0.1, 0.15) is 0 Å². The number of carbonyl (C=O) groups is 1. The molecule has 5 nitrogen and oxygen atoms in total. The highest BCUT2D eigenvalue weighted by Crippen LogP contribution is 2.30. The second kappa shape index (κ2) is 5.78. The first kappa shape index (κ1) is 14.9. The van der Waals surface area contributed by atoms with E-state index in [1.54, 1.807) is 25.3 Å². The third-order valence-electron chi connectivity index (χ3n) is 4.70. The number of aromatic nitrogens is 2. The zero-order valence-corrected chi connectivity index (χ0v) is 13.4. The third-order valence-corrected chi connectivity index (χ3v) is 4.70. The van der Waals surface area contributed by atoms with E-state index in [0.29, 0.717) is 24.0 Å². The summed E-state index contributed by atoms with van der Waals surface area (Å²) in [7, 11) is 0. The summed E-state index contributed by atoms with van der Waals surface area (Å²) in [4.78, 5) is 14.8. The second-order valence-electron chi connectivity index (χ2n) is 6.20. The molecule has 1 aliphatic rings. The molecule has 0 spiro atoms. The van der Waals surface area contributed by atoms with Crippen molar-refractivity contribution in [3.8, 4) is 0 Å². The highest BCUT2D eigenvalue weighted by atomic mass is 19.1. The molecular weight excluding hydrogens is 309 g/mol. The lowest BCUT2D eigenvalue weighted by molar-refractivity contribution is 0.0690. The number of rotatable bonds is 3. The fourth-order valence-corrected chi connectivity index (χ4v) is 3.46. The quantitative estimate of drug-likeness (QED) is 0.741. The number of hydrogen-bond donors (Lipinski definition) is 0. The fourth-order valence-electron chi connectivity index (χ4n) is 3.46. The number of amides is 1. The molecule has 2 aromatic heterocycles. The molecule has 1 amide bonds. The summed E-state index contributed by atoms with van der Waals surface area (Å²) in [6, 6.07) is 6.70. The number of fused-ring (bicyclic) bond motifs is 1. The summed E-state index contributed by atoms with van der Waals surface area (Å²) >= 11 is 0. The summed E-state index contributed by atoms with van der Waals surface area (Å²) in [5.74, 6) is -0.371. The van der Waals surface area contributed by atoms with E-state index in [1.807, 2.05) is 21.8 Å². The van der Waals surface area contributed by atoms with Crippen molar-refractivity contribution in [1.29, 1.82) is 0 Å². The van der Waals surface area contributed by atoms with E-state index in [-0.39, 0.29) is 23.3 Å². The predicted octanol–water partition coefficient (Wildman–Crippen LogP) is 3.38. The maximum atomic E-state index is 13.9. The lowest BCUT2D eigenvalue weighted by atomic mass is 10.1. The molecule has 4 rings (SSSR count). The topological polar surface area (TPSA) is 51.3 Å². The van der Waals surface area contributed by atoms with Gasteiger partial charge in [-0.25, -0.2) is 4.39 Å². The number of nitrogens with zero attached hydrogens (tertiary/aromatic N) is 3. The Morgan fingerprint density at radius 1 is 1.42 bits per heavy atom. The zero-order valence-electron chi connectivity index (χ0n) is 13.4. The fraction of sp³-hybridized carbons (Fsp3) is 0.333. The molecule has 0 saturated carbocycles. The normalized spacial score (nSPS) is 17.8. The lowest BCUT2D eigenvalue weighted by Crippen LogP contribution is -2.38. The largest absolute Gasteiger partial charge is 0.448 e. The molecule has 1 aliphatic heterocycles. The van der Waals surface area contributed by atoms with Crippen LogP contribution in [-0.2, 0) is 6.54 Å². The molecule has 1 saturated heterocycles. The van der Waals surface area contributed by atoms with Gasteiger partial charge in [0.15, 0.2) is 17.2 Å². The van der Waals surface area contributed by atoms with Crippen molar-refractivity contribution in [2.45, 2.75) is 32.4 Å². The number of para-hydroxylation sites is 1. The van der Waals surface area contributed by atoms with Crippen molar-refractivity contribution in [3.05, 3.63) is 53.8 Å². The molecule has 0 aliphatic carbocycles. The van der Waals surface area contributed by atoms with E-state index in [2.05, 4.69) is 5.10 Å². The molecule has 0 radical (unpaired) electrons. The zero-order chi connectivity index (χ0) is 16.7. The molecular formula is C18H18FN3O2. The van der Waals surface area contributed by atoms with Gasteiger partial charge in [0, 0.05) is 29.9 Å². The van der Waals surface area contributed by atoms with E-state index in [9.17, 15) is 9.18 Å². The Kier molecular flexibility index (Phi) is 3.59. The van der Waals surface area contributed by atoms with Crippen LogP contribution in [0.4, 0.5) is 4.39 Å². The third kappa shape index (κ3) is 2.38. The molecule has 0 unspecified atom stereocenters. The van der Waals surface area contributed by atoms with Crippen molar-refractivity contribution in [1.82, 2.24) is 14.7 Å². The summed E-state index contributed by atoms with van der Waals surface area (Å²) in [5, 5.41) is 4.87. The molecule has 6 heteroatoms. The Morgan fingerprint density at radius 2 is 2.29 bits per heavy atom. The molecule has 3 heterocycles. The van der Waals surface area contributed by atoms with Crippen LogP contribution in [0.15, 0.2) is 41.1 Å². The highest BCUT2D eigenvalue weighted by molar-refractivity contribution is 5.99. The van der Waals surface area contributed by atoms with E-state index in [4.69, 9.17) is 4.42 Å². The minimum Gasteiger partial charge on any atom is -0.448 e. The van der Waals surface area contributed by atoms with Crippen LogP contribution in [-0.4, -0.2) is 33.2 Å². The van der Waals surface area contributed by atoms with Crippen LogP contribution in [0.1, 0.15) is 29.0 Å². The Morgan fingerprint density at radius 3 is 3.04 bits per heavy atom. The number of likely N-dealkylation sites (tertiary alicyclic amines) is 1. The number of benzene rings is 1. The summed E-state index contributed by atoms with van der Waals surface area (Å²) < 4.78 is 21.4. The first-order valence-electron chi connectivity index (χ1n) is 8.11. The van der Waals surface area contributed by atoms with Crippen LogP contribution in [0.2, 0.25) is 0 Å². The second-order valence-corrected chi connectivity index (χ2v) is 6.20. The van der Waals surface area contributed by atoms with E-state index in [0.717, 1.165) is 12.8 Å². The molecule has 0 bridgehead atoms. The smallest absolute Gasteiger partial charge is 0.290 e. The number of carbonyl (C=O) groups excluding carboxylic acids is 1. The molecule has 1 aromatic carbocycles. The van der Waals surface area contributed by atoms with Crippen molar-refractivity contribution in [2.24, 2.45) is 0 Å². The summed E-state index contributed by atoms with van der Waals surface area (Å²) in [5.41, 5.74) is 0.848. The van der Waals surface area contributed by atoms with Crippen LogP contribution in [0, 0.1) is 12.7 Å². The maximum absolute atomic E-state index is 13.9. The number of halogens is 1. The van der Waals surface area contributed by atoms with Gasteiger partial charge in [0.05, 0.1) is 12.6 Å². The van der Waals surface area contributed by atoms with Gasteiger partial charge in [-0.3, -0.25) is 9.48 Å². The van der Waals surface area contributed by atoms with Crippen molar-refractivity contribution >= 4 is 16.9 Å². The van der Waals surface area contributed by atoms with Gasteiger partial charge in [-0.05, 0) is 31.9 Å². The van der Waals surface area contributed by atoms with Gasteiger partial charge < -0.3 is 9.32 Å². The van der Waals surface area contributed by atoms with Crippen LogP contribution in [0.5, 0.6) is 0 Å². The molecule has 1 fully saturated rings. The predicted molar refractivity (Wildman–Crippen MR) is 87.2 cm³/mol. The van der Waals surface area contributed by atoms with Gasteiger partial charge in [-0.2, -0.15) is 5.10 Å². The monoisotopic (exact) mass is 327 g/mol. The molecule has 124 valence electrons. The Labute approximate surface area is 138 Å². The average Bonchev–Trinajstić information content (AvgIpc) is 3.29. The van der Waals surface area contributed by atoms with E-state index >= 15 is 0 Å². The van der Waals surface area contributed by atoms with Crippen molar-refractivity contribution in [3.63, 3.8) is 0 Å². The van der Waals surface area contributed by atoms with E-state index < -0.39 is 5.82 Å². The van der Waals surface area contributed by atoms with Crippen LogP contribution in [0.25, 0.3) is 11.0 Å². The Balaban J connectivity index is 1.65. The average molecular weight is 327 g/mol. The Hall–Kier alpha value is -2.63. The Bertz CT molecular complexity index is 885. The highest BCUT2D eigenvalue weighted by Gasteiger charge is 2.33. The molecule has 1 atom stereocenters. The lowest BCUT2D eigenvalue weighted by Gasteiger charge is -2.24. The molecule has 0 N–H and O–H groups in total. The van der Waals surface area contributed by atoms with Gasteiger partial charge in [-0.15, -0.1) is 0 Å². The van der Waals surface area contributed by atoms with Gasteiger partial charge in [0.2, 0.25) is 0 Å². The maximum Gasteiger partial charge on any atom is 0.290 e. The standard InChI is InChI=1S/C18H18FN3O2/c1-12-14-6-2-7-15(19)17(14)24-16(12)18(23)22-10-3-5-13(22)11-21-9-4-8-20-21/h2,4,6-9,13H,3,5,10-11H2,1H3/t13-/m0/s1. The summed E-state index contributed by atoms with van der Waals surface area (Å²) in [6.07, 6.45) is 5.50. The molecule has 3 aromatic rings. The van der Waals surface area contributed by atoms with Gasteiger partial charge in [-0.1, -0.05) is 12.1 Å². The van der Waals surface area contributed by atoms with Gasteiger partial charge >= 0.3 is 0 Å². The number of hydrogen-bond acceptors (Lipinski definition) is 3. The van der Waals surface area contributed by atoms with Crippen molar-refractivity contribution < 1.29 is 13.6 Å². The number of aryl methyl sites for hydroxylation is 1. The van der Waals surface area contributed by atoms with Crippen LogP contribution >= 0.6 is 0 Å². The van der Waals surface area contributed by atoms with Gasteiger partial charge in [0.25, 0.3) is 5.91 Å². The number of furan rings is 1. The first-order valence-corrected chi connectivity index (χ1v) is 8.11. The van der Waals surface area contributed by atoms with E-state index in [1.165, 1.54) is 6.07 Å². The SMILES string of the molecule is Cc1c(C(=O)N2CCC[C@H]2Cn2cccn2)oc2c(F)cccc12. The minimum atomic E-state index is -0.441. The first-order chi connectivity index (χ1) is 11.6. The van der Waals surface area contributed by atoms with Crippen LogP contribution in [0.3, 0.4) is 0 Å². The van der Waals surface area contributed by atoms with Crippen LogP contribution < -0.4 is 0 Å². The molecule has 24 heavy (non-hydrogen) atoms. The van der Waals surface area contributed by atoms with Crippen molar-refractivity contribution in [2.75, 3.05) is 6.54 Å². The summed E-state index contributed by atoms with van der Waals surface area (Å²) in [6.45, 7) is 3.15.